The predicted octanol–water partition coefficient (Wildman–Crippen LogP) is 2.26. The van der Waals surface area contributed by atoms with E-state index >= 15 is 0 Å². The molecule has 1 saturated carbocycles. The number of amides is 2. The van der Waals surface area contributed by atoms with Gasteiger partial charge in [0, 0.05) is 30.1 Å². The Morgan fingerprint density at radius 1 is 1.40 bits per heavy atom. The van der Waals surface area contributed by atoms with Crippen LogP contribution in [0.2, 0.25) is 0 Å². The lowest BCUT2D eigenvalue weighted by atomic mass is 10.1. The van der Waals surface area contributed by atoms with Crippen molar-refractivity contribution >= 4 is 22.7 Å². The normalized spacial score (nSPS) is 21.9. The van der Waals surface area contributed by atoms with Gasteiger partial charge < -0.3 is 20.1 Å². The number of hydrogen-bond acceptors (Lipinski definition) is 6. The summed E-state index contributed by atoms with van der Waals surface area (Å²) in [6.07, 6.45) is 2.44. The third-order valence-corrected chi connectivity index (χ3v) is 5.83. The van der Waals surface area contributed by atoms with E-state index in [9.17, 15) is 9.59 Å². The molecule has 0 radical (unpaired) electrons. The maximum atomic E-state index is 12.0. The Morgan fingerprint density at radius 2 is 2.20 bits per heavy atom. The van der Waals surface area contributed by atoms with Crippen LogP contribution in [0.4, 0.5) is 0 Å². The van der Waals surface area contributed by atoms with Crippen LogP contribution < -0.4 is 15.2 Å². The molecule has 2 atom stereocenters. The molecule has 1 saturated heterocycles. The molecule has 2 amide bonds. The molecule has 2 unspecified atom stereocenters. The number of carbonyl (C=O) groups excluding carboxylic acids is 2. The second-order valence-corrected chi connectivity index (χ2v) is 8.37. The van der Waals surface area contributed by atoms with E-state index in [0.29, 0.717) is 42.6 Å². The van der Waals surface area contributed by atoms with E-state index in [1.165, 1.54) is 0 Å². The molecular weight excluding hydrogens is 384 g/mol. The average Bonchev–Trinajstić information content (AvgIpc) is 3.25. The van der Waals surface area contributed by atoms with Gasteiger partial charge in [-0.25, -0.2) is 0 Å². The molecule has 1 aliphatic carbocycles. The minimum Gasteiger partial charge on any atom is -0.492 e. The lowest BCUT2D eigenvalue weighted by molar-refractivity contribution is -0.129. The van der Waals surface area contributed by atoms with Crippen molar-refractivity contribution in [3.8, 4) is 17.6 Å². The van der Waals surface area contributed by atoms with Crippen LogP contribution in [-0.4, -0.2) is 47.5 Å². The molecule has 0 spiro atoms. The minimum absolute atomic E-state index is 0.0505. The van der Waals surface area contributed by atoms with Crippen LogP contribution in [0, 0.1) is 22.7 Å². The van der Waals surface area contributed by atoms with Gasteiger partial charge in [0.15, 0.2) is 0 Å². The molecular formula is C22H24N4O4. The van der Waals surface area contributed by atoms with Gasteiger partial charge in [-0.2, -0.15) is 5.26 Å². The maximum absolute atomic E-state index is 12.0. The first-order chi connectivity index (χ1) is 14.3. The SMILES string of the molecule is CC(C)Oc1cc2c(OCC34CC3CN(C(=O)CC#N)C4)ccnc2cc1C(N)=O. The lowest BCUT2D eigenvalue weighted by Gasteiger charge is -2.21. The highest BCUT2D eigenvalue weighted by molar-refractivity contribution is 6.01. The van der Waals surface area contributed by atoms with E-state index in [0.717, 1.165) is 11.8 Å². The van der Waals surface area contributed by atoms with Crippen LogP contribution in [0.5, 0.6) is 11.5 Å². The summed E-state index contributed by atoms with van der Waals surface area (Å²) in [5.74, 6) is 0.766. The number of aromatic nitrogens is 1. The first-order valence-corrected chi connectivity index (χ1v) is 10.00. The molecule has 1 aliphatic heterocycles. The second kappa shape index (κ2) is 7.48. The van der Waals surface area contributed by atoms with Gasteiger partial charge in [0.1, 0.15) is 17.9 Å². The highest BCUT2D eigenvalue weighted by atomic mass is 16.5. The quantitative estimate of drug-likeness (QED) is 0.751. The monoisotopic (exact) mass is 408 g/mol. The topological polar surface area (TPSA) is 119 Å². The first kappa shape index (κ1) is 20.0. The van der Waals surface area contributed by atoms with Crippen molar-refractivity contribution in [2.24, 2.45) is 17.1 Å². The van der Waals surface area contributed by atoms with E-state index in [4.69, 9.17) is 20.5 Å². The Kier molecular flexibility index (Phi) is 4.98. The fraction of sp³-hybridized carbons (Fsp3) is 0.455. The average molecular weight is 408 g/mol. The third kappa shape index (κ3) is 3.63. The van der Waals surface area contributed by atoms with Gasteiger partial charge in [-0.3, -0.25) is 14.6 Å². The van der Waals surface area contributed by atoms with Crippen molar-refractivity contribution in [2.45, 2.75) is 32.8 Å². The second-order valence-electron chi connectivity index (χ2n) is 8.37. The van der Waals surface area contributed by atoms with E-state index < -0.39 is 5.91 Å². The Hall–Kier alpha value is -3.34. The number of rotatable bonds is 7. The number of nitrogens with zero attached hydrogens (tertiary/aromatic N) is 3. The Labute approximate surface area is 174 Å². The van der Waals surface area contributed by atoms with Crippen LogP contribution in [0.15, 0.2) is 24.4 Å². The molecule has 0 bridgehead atoms. The zero-order valence-corrected chi connectivity index (χ0v) is 17.1. The smallest absolute Gasteiger partial charge is 0.252 e. The van der Waals surface area contributed by atoms with Gasteiger partial charge in [0.2, 0.25) is 5.91 Å². The summed E-state index contributed by atoms with van der Waals surface area (Å²) in [4.78, 5) is 30.0. The Bertz CT molecular complexity index is 1060. The summed E-state index contributed by atoms with van der Waals surface area (Å²) in [5, 5.41) is 9.49. The van der Waals surface area contributed by atoms with Crippen LogP contribution >= 0.6 is 0 Å². The van der Waals surface area contributed by atoms with Gasteiger partial charge in [0.05, 0.1) is 29.9 Å². The van der Waals surface area contributed by atoms with Gasteiger partial charge in [-0.05, 0) is 44.4 Å². The predicted molar refractivity (Wildman–Crippen MR) is 109 cm³/mol. The third-order valence-electron chi connectivity index (χ3n) is 5.83. The van der Waals surface area contributed by atoms with Gasteiger partial charge in [0.25, 0.3) is 5.91 Å². The zero-order chi connectivity index (χ0) is 21.5. The first-order valence-electron chi connectivity index (χ1n) is 10.00. The molecule has 8 nitrogen and oxygen atoms in total. The van der Waals surface area contributed by atoms with Gasteiger partial charge in [-0.15, -0.1) is 0 Å². The summed E-state index contributed by atoms with van der Waals surface area (Å²) in [7, 11) is 0. The number of pyridine rings is 1. The molecule has 2 fully saturated rings. The molecule has 1 aromatic carbocycles. The Balaban J connectivity index is 1.56. The fourth-order valence-electron chi connectivity index (χ4n) is 4.23. The number of primary amides is 1. The molecule has 2 heterocycles. The number of hydrogen-bond donors (Lipinski definition) is 1. The molecule has 4 rings (SSSR count). The van der Waals surface area contributed by atoms with Crippen LogP contribution in [-0.2, 0) is 4.79 Å². The van der Waals surface area contributed by atoms with Crippen molar-refractivity contribution in [1.29, 1.82) is 5.26 Å². The van der Waals surface area contributed by atoms with E-state index in [1.54, 1.807) is 29.3 Å². The van der Waals surface area contributed by atoms with E-state index in [1.807, 2.05) is 19.9 Å². The fourth-order valence-corrected chi connectivity index (χ4v) is 4.23. The number of nitriles is 1. The summed E-state index contributed by atoms with van der Waals surface area (Å²) in [5.41, 5.74) is 6.34. The zero-order valence-electron chi connectivity index (χ0n) is 17.1. The van der Waals surface area contributed by atoms with E-state index in [-0.39, 0.29) is 29.4 Å². The Morgan fingerprint density at radius 3 is 2.90 bits per heavy atom. The number of nitrogens with two attached hydrogens (primary N) is 1. The standard InChI is InChI=1S/C22H24N4O4/c1-13(2)30-19-8-15-17(7-16(19)21(24)28)25-6-4-18(15)29-12-22-9-14(22)10-26(11-22)20(27)3-5-23/h4,6-8,13-14H,3,9-12H2,1-2H3,(H2,24,28). The van der Waals surface area contributed by atoms with Crippen LogP contribution in [0.25, 0.3) is 10.9 Å². The lowest BCUT2D eigenvalue weighted by Crippen LogP contribution is -2.32. The summed E-state index contributed by atoms with van der Waals surface area (Å²) in [6, 6.07) is 7.08. The van der Waals surface area contributed by atoms with Crippen molar-refractivity contribution < 1.29 is 19.1 Å². The van der Waals surface area contributed by atoms with Crippen LogP contribution in [0.1, 0.15) is 37.0 Å². The van der Waals surface area contributed by atoms with Gasteiger partial charge in [-0.1, -0.05) is 0 Å². The van der Waals surface area contributed by atoms with Crippen molar-refractivity contribution in [3.05, 3.63) is 30.0 Å². The van der Waals surface area contributed by atoms with Crippen molar-refractivity contribution in [1.82, 2.24) is 9.88 Å². The summed E-state index contributed by atoms with van der Waals surface area (Å²) >= 11 is 0. The minimum atomic E-state index is -0.575. The van der Waals surface area contributed by atoms with E-state index in [2.05, 4.69) is 4.98 Å². The molecule has 30 heavy (non-hydrogen) atoms. The van der Waals surface area contributed by atoms with Crippen molar-refractivity contribution in [3.63, 3.8) is 0 Å². The van der Waals surface area contributed by atoms with Crippen molar-refractivity contribution in [2.75, 3.05) is 19.7 Å². The number of likely N-dealkylation sites (tertiary alicyclic amines) is 1. The molecule has 2 aromatic rings. The summed E-state index contributed by atoms with van der Waals surface area (Å²) in [6.45, 7) is 5.54. The summed E-state index contributed by atoms with van der Waals surface area (Å²) < 4.78 is 12.0. The highest BCUT2D eigenvalue weighted by Crippen LogP contribution is 2.58. The molecule has 2 N–H and O–H groups in total. The molecule has 2 aliphatic rings. The largest absolute Gasteiger partial charge is 0.492 e. The number of ether oxygens (including phenoxy) is 2. The number of carbonyl (C=O) groups is 2. The van der Waals surface area contributed by atoms with Crippen LogP contribution in [0.3, 0.4) is 0 Å². The maximum Gasteiger partial charge on any atom is 0.252 e. The molecule has 156 valence electrons. The molecule has 8 heteroatoms. The molecule has 1 aromatic heterocycles. The number of benzene rings is 1. The number of piperidine rings is 1. The highest BCUT2D eigenvalue weighted by Gasteiger charge is 2.61. The van der Waals surface area contributed by atoms with Gasteiger partial charge >= 0.3 is 0 Å². The number of fused-ring (bicyclic) bond motifs is 2.